The lowest BCUT2D eigenvalue weighted by Crippen LogP contribution is -2.47. The van der Waals surface area contributed by atoms with Crippen LogP contribution in [0.4, 0.5) is 0 Å². The van der Waals surface area contributed by atoms with Gasteiger partial charge in [0.1, 0.15) is 6.04 Å². The molecule has 1 fully saturated rings. The zero-order valence-electron chi connectivity index (χ0n) is 12.1. The number of hydrogen-bond acceptors (Lipinski definition) is 4. The standard InChI is InChI=1S/C14H27NO4/c1-3-12-5-7-15(13(11-12)14(16)17)6-4-8-19-10-9-18-2/h12-13H,3-11H2,1-2H3,(H,16,17). The highest BCUT2D eigenvalue weighted by molar-refractivity contribution is 5.73. The Labute approximate surface area is 115 Å². The van der Waals surface area contributed by atoms with E-state index in [0.29, 0.717) is 25.7 Å². The van der Waals surface area contributed by atoms with Crippen LogP contribution < -0.4 is 0 Å². The van der Waals surface area contributed by atoms with Gasteiger partial charge in [-0.2, -0.15) is 0 Å². The molecule has 0 aromatic carbocycles. The fourth-order valence-corrected chi connectivity index (χ4v) is 2.60. The van der Waals surface area contributed by atoms with Crippen molar-refractivity contribution in [2.75, 3.05) is 40.0 Å². The number of piperidine rings is 1. The summed E-state index contributed by atoms with van der Waals surface area (Å²) < 4.78 is 10.3. The van der Waals surface area contributed by atoms with Gasteiger partial charge < -0.3 is 14.6 Å². The van der Waals surface area contributed by atoms with E-state index in [9.17, 15) is 9.90 Å². The summed E-state index contributed by atoms with van der Waals surface area (Å²) >= 11 is 0. The molecule has 1 saturated heterocycles. The Kier molecular flexibility index (Phi) is 8.02. The SMILES string of the molecule is CCC1CCN(CCCOCCOC)C(C(=O)O)C1. The van der Waals surface area contributed by atoms with Crippen LogP contribution in [0.15, 0.2) is 0 Å². The van der Waals surface area contributed by atoms with Crippen LogP contribution in [0.2, 0.25) is 0 Å². The van der Waals surface area contributed by atoms with Crippen molar-refractivity contribution in [3.8, 4) is 0 Å². The predicted molar refractivity (Wildman–Crippen MR) is 73.3 cm³/mol. The van der Waals surface area contributed by atoms with Crippen molar-refractivity contribution in [1.29, 1.82) is 0 Å². The van der Waals surface area contributed by atoms with Crippen molar-refractivity contribution < 1.29 is 19.4 Å². The van der Waals surface area contributed by atoms with Crippen LogP contribution in [-0.2, 0) is 14.3 Å². The predicted octanol–water partition coefficient (Wildman–Crippen LogP) is 1.61. The molecule has 5 heteroatoms. The van der Waals surface area contributed by atoms with Gasteiger partial charge in [0.25, 0.3) is 0 Å². The number of likely N-dealkylation sites (tertiary alicyclic amines) is 1. The molecule has 19 heavy (non-hydrogen) atoms. The van der Waals surface area contributed by atoms with Gasteiger partial charge in [-0.1, -0.05) is 13.3 Å². The van der Waals surface area contributed by atoms with Crippen molar-refractivity contribution in [1.82, 2.24) is 4.90 Å². The molecule has 1 heterocycles. The van der Waals surface area contributed by atoms with E-state index in [0.717, 1.165) is 38.8 Å². The summed E-state index contributed by atoms with van der Waals surface area (Å²) in [5, 5.41) is 9.31. The molecule has 112 valence electrons. The van der Waals surface area contributed by atoms with E-state index in [1.807, 2.05) is 0 Å². The second kappa shape index (κ2) is 9.28. The first kappa shape index (κ1) is 16.4. The highest BCUT2D eigenvalue weighted by atomic mass is 16.5. The monoisotopic (exact) mass is 273 g/mol. The highest BCUT2D eigenvalue weighted by Gasteiger charge is 2.32. The summed E-state index contributed by atoms with van der Waals surface area (Å²) in [7, 11) is 1.65. The molecule has 0 amide bonds. The highest BCUT2D eigenvalue weighted by Crippen LogP contribution is 2.25. The fraction of sp³-hybridized carbons (Fsp3) is 0.929. The van der Waals surface area contributed by atoms with Gasteiger partial charge in [-0.05, 0) is 31.7 Å². The number of hydrogen-bond donors (Lipinski definition) is 1. The molecule has 0 saturated carbocycles. The van der Waals surface area contributed by atoms with Crippen molar-refractivity contribution in [2.24, 2.45) is 5.92 Å². The van der Waals surface area contributed by atoms with Crippen molar-refractivity contribution >= 4 is 5.97 Å². The number of methoxy groups -OCH3 is 1. The number of nitrogens with zero attached hydrogens (tertiary/aromatic N) is 1. The molecule has 1 aliphatic rings. The van der Waals surface area contributed by atoms with Crippen LogP contribution in [0.5, 0.6) is 0 Å². The Morgan fingerprint density at radius 3 is 2.79 bits per heavy atom. The molecule has 1 rings (SSSR count). The molecule has 2 unspecified atom stereocenters. The molecule has 0 bridgehead atoms. The zero-order chi connectivity index (χ0) is 14.1. The van der Waals surface area contributed by atoms with E-state index < -0.39 is 5.97 Å². The molecule has 0 spiro atoms. The second-order valence-corrected chi connectivity index (χ2v) is 5.15. The third-order valence-corrected chi connectivity index (χ3v) is 3.85. The number of rotatable bonds is 9. The van der Waals surface area contributed by atoms with Gasteiger partial charge in [-0.15, -0.1) is 0 Å². The molecule has 2 atom stereocenters. The average Bonchev–Trinajstić information content (AvgIpc) is 2.42. The van der Waals surface area contributed by atoms with Gasteiger partial charge >= 0.3 is 5.97 Å². The van der Waals surface area contributed by atoms with Gasteiger partial charge in [0.2, 0.25) is 0 Å². The van der Waals surface area contributed by atoms with Gasteiger partial charge in [0, 0.05) is 20.3 Å². The largest absolute Gasteiger partial charge is 0.480 e. The first-order chi connectivity index (χ1) is 9.19. The summed E-state index contributed by atoms with van der Waals surface area (Å²) in [6.07, 6.45) is 3.86. The molecule has 0 aromatic rings. The normalized spacial score (nSPS) is 24.5. The van der Waals surface area contributed by atoms with Crippen LogP contribution in [0, 0.1) is 5.92 Å². The fourth-order valence-electron chi connectivity index (χ4n) is 2.60. The van der Waals surface area contributed by atoms with Crippen LogP contribution in [0.1, 0.15) is 32.6 Å². The number of ether oxygens (including phenoxy) is 2. The van der Waals surface area contributed by atoms with E-state index in [1.54, 1.807) is 7.11 Å². The van der Waals surface area contributed by atoms with Crippen LogP contribution in [0.3, 0.4) is 0 Å². The molecule has 1 N–H and O–H groups in total. The van der Waals surface area contributed by atoms with Crippen molar-refractivity contribution in [3.63, 3.8) is 0 Å². The number of carboxylic acids is 1. The smallest absolute Gasteiger partial charge is 0.320 e. The van der Waals surface area contributed by atoms with Gasteiger partial charge in [0.05, 0.1) is 13.2 Å². The maximum Gasteiger partial charge on any atom is 0.320 e. The summed E-state index contributed by atoms with van der Waals surface area (Å²) in [6.45, 7) is 5.73. The number of carboxylic acid groups (broad SMARTS) is 1. The summed E-state index contributed by atoms with van der Waals surface area (Å²) in [5.41, 5.74) is 0. The quantitative estimate of drug-likeness (QED) is 0.647. The van der Waals surface area contributed by atoms with Crippen LogP contribution >= 0.6 is 0 Å². The molecule has 5 nitrogen and oxygen atoms in total. The Balaban J connectivity index is 2.25. The molecule has 1 aliphatic heterocycles. The van der Waals surface area contributed by atoms with E-state index in [2.05, 4.69) is 11.8 Å². The minimum Gasteiger partial charge on any atom is -0.480 e. The Bertz CT molecular complexity index is 260. The maximum atomic E-state index is 11.3. The van der Waals surface area contributed by atoms with Crippen molar-refractivity contribution in [3.05, 3.63) is 0 Å². The third kappa shape index (κ3) is 5.89. The summed E-state index contributed by atoms with van der Waals surface area (Å²) in [4.78, 5) is 13.4. The molecular weight excluding hydrogens is 246 g/mol. The summed E-state index contributed by atoms with van der Waals surface area (Å²) in [5.74, 6) is -0.117. The second-order valence-electron chi connectivity index (χ2n) is 5.15. The van der Waals surface area contributed by atoms with E-state index in [-0.39, 0.29) is 6.04 Å². The Morgan fingerprint density at radius 2 is 2.16 bits per heavy atom. The lowest BCUT2D eigenvalue weighted by atomic mass is 9.89. The molecular formula is C14H27NO4. The van der Waals surface area contributed by atoms with Gasteiger partial charge in [0.15, 0.2) is 0 Å². The lowest BCUT2D eigenvalue weighted by molar-refractivity contribution is -0.145. The lowest BCUT2D eigenvalue weighted by Gasteiger charge is -2.36. The Hall–Kier alpha value is -0.650. The first-order valence-corrected chi connectivity index (χ1v) is 7.22. The number of aliphatic carboxylic acids is 1. The summed E-state index contributed by atoms with van der Waals surface area (Å²) in [6, 6.07) is -0.308. The van der Waals surface area contributed by atoms with E-state index >= 15 is 0 Å². The molecule has 0 radical (unpaired) electrons. The van der Waals surface area contributed by atoms with Gasteiger partial charge in [-0.25, -0.2) is 0 Å². The number of carbonyl (C=O) groups is 1. The topological polar surface area (TPSA) is 59.0 Å². The van der Waals surface area contributed by atoms with E-state index in [1.165, 1.54) is 0 Å². The van der Waals surface area contributed by atoms with Crippen molar-refractivity contribution in [2.45, 2.75) is 38.6 Å². The average molecular weight is 273 g/mol. The minimum absolute atomic E-state index is 0.308. The first-order valence-electron chi connectivity index (χ1n) is 7.22. The van der Waals surface area contributed by atoms with Gasteiger partial charge in [-0.3, -0.25) is 9.69 Å². The van der Waals surface area contributed by atoms with Crippen LogP contribution in [0.25, 0.3) is 0 Å². The van der Waals surface area contributed by atoms with Crippen LogP contribution in [-0.4, -0.2) is 62.0 Å². The molecule has 0 aliphatic carbocycles. The Morgan fingerprint density at radius 1 is 1.37 bits per heavy atom. The minimum atomic E-state index is -0.682. The third-order valence-electron chi connectivity index (χ3n) is 3.85. The van der Waals surface area contributed by atoms with E-state index in [4.69, 9.17) is 9.47 Å². The maximum absolute atomic E-state index is 11.3. The zero-order valence-corrected chi connectivity index (χ0v) is 12.1. The molecule has 0 aromatic heterocycles.